The number of rotatable bonds is 3. The monoisotopic (exact) mass is 350 g/mol. The lowest BCUT2D eigenvalue weighted by Crippen LogP contribution is -2.35. The Morgan fingerprint density at radius 2 is 2.12 bits per heavy atom. The minimum Gasteiger partial charge on any atom is -0.370 e. The van der Waals surface area contributed by atoms with Gasteiger partial charge in [-0.3, -0.25) is 9.67 Å². The summed E-state index contributed by atoms with van der Waals surface area (Å²) in [7, 11) is 0. The Morgan fingerprint density at radius 1 is 1.31 bits per heavy atom. The second-order valence-electron chi connectivity index (χ2n) is 6.81. The molecule has 0 unspecified atom stereocenters. The second kappa shape index (κ2) is 6.71. The van der Waals surface area contributed by atoms with Gasteiger partial charge in [0, 0.05) is 37.4 Å². The molecule has 1 aliphatic heterocycles. The van der Waals surface area contributed by atoms with E-state index in [0.29, 0.717) is 11.5 Å². The van der Waals surface area contributed by atoms with Crippen molar-refractivity contribution in [3.8, 4) is 6.07 Å². The molecule has 0 bridgehead atoms. The Kier molecular flexibility index (Phi) is 4.25. The van der Waals surface area contributed by atoms with Crippen LogP contribution >= 0.6 is 0 Å². The van der Waals surface area contributed by atoms with E-state index in [2.05, 4.69) is 26.3 Å². The first-order valence-electron chi connectivity index (χ1n) is 8.73. The highest BCUT2D eigenvalue weighted by atomic mass is 19.1. The zero-order valence-electron chi connectivity index (χ0n) is 14.6. The summed E-state index contributed by atoms with van der Waals surface area (Å²) in [5.41, 5.74) is 2.84. The summed E-state index contributed by atoms with van der Waals surface area (Å²) in [5, 5.41) is 18.1. The number of piperidine rings is 1. The minimum atomic E-state index is -0.297. The van der Waals surface area contributed by atoms with Crippen molar-refractivity contribution >= 4 is 16.6 Å². The fraction of sp³-hybridized carbons (Fsp3) is 0.368. The molecule has 0 aliphatic carbocycles. The Hall–Kier alpha value is -3.01. The third kappa shape index (κ3) is 2.99. The quantitative estimate of drug-likeness (QED) is 0.726. The van der Waals surface area contributed by atoms with Crippen LogP contribution in [-0.2, 0) is 6.54 Å². The zero-order valence-corrected chi connectivity index (χ0v) is 14.6. The Balaban J connectivity index is 1.63. The van der Waals surface area contributed by atoms with Crippen molar-refractivity contribution < 1.29 is 4.39 Å². The molecule has 1 fully saturated rings. The number of hydrogen-bond donors (Lipinski definition) is 0. The highest BCUT2D eigenvalue weighted by Crippen LogP contribution is 2.34. The molecule has 6 nitrogen and oxygen atoms in total. The van der Waals surface area contributed by atoms with Gasteiger partial charge in [-0.05, 0) is 43.4 Å². The van der Waals surface area contributed by atoms with Gasteiger partial charge in [0.1, 0.15) is 11.9 Å². The molecule has 0 spiro atoms. The number of hydrogen-bond acceptors (Lipinski definition) is 5. The van der Waals surface area contributed by atoms with Gasteiger partial charge >= 0.3 is 0 Å². The normalized spacial score (nSPS) is 15.3. The van der Waals surface area contributed by atoms with Crippen LogP contribution in [0.25, 0.3) is 10.9 Å². The van der Waals surface area contributed by atoms with Gasteiger partial charge in [-0.15, -0.1) is 5.10 Å². The Morgan fingerprint density at radius 3 is 2.81 bits per heavy atom. The van der Waals surface area contributed by atoms with E-state index in [-0.39, 0.29) is 5.82 Å². The van der Waals surface area contributed by atoms with Crippen molar-refractivity contribution in [3.05, 3.63) is 47.7 Å². The van der Waals surface area contributed by atoms with Crippen LogP contribution in [-0.4, -0.2) is 33.1 Å². The smallest absolute Gasteiger partial charge is 0.124 e. The lowest BCUT2D eigenvalue weighted by molar-refractivity contribution is 0.339. The molecular weight excluding hydrogens is 331 g/mol. The first-order valence-corrected chi connectivity index (χ1v) is 8.73. The topological polar surface area (TPSA) is 70.6 Å². The number of fused-ring (bicyclic) bond motifs is 1. The van der Waals surface area contributed by atoms with Crippen LogP contribution in [0, 0.1) is 30.0 Å². The molecule has 3 heterocycles. The molecule has 0 amide bonds. The van der Waals surface area contributed by atoms with Gasteiger partial charge in [-0.1, -0.05) is 5.21 Å². The van der Waals surface area contributed by atoms with Gasteiger partial charge in [0.25, 0.3) is 0 Å². The van der Waals surface area contributed by atoms with Crippen LogP contribution in [0.5, 0.6) is 0 Å². The van der Waals surface area contributed by atoms with Gasteiger partial charge < -0.3 is 4.90 Å². The summed E-state index contributed by atoms with van der Waals surface area (Å²) >= 11 is 0. The molecule has 1 aliphatic rings. The first-order chi connectivity index (χ1) is 12.7. The van der Waals surface area contributed by atoms with E-state index in [0.717, 1.165) is 54.6 Å². The van der Waals surface area contributed by atoms with Gasteiger partial charge in [0.2, 0.25) is 0 Å². The molecule has 0 atom stereocenters. The predicted molar refractivity (Wildman–Crippen MR) is 96.1 cm³/mol. The largest absolute Gasteiger partial charge is 0.370 e. The Labute approximate surface area is 150 Å². The number of aryl methyl sites for hydroxylation is 1. The third-order valence-corrected chi connectivity index (χ3v) is 5.07. The standard InChI is InChI=1S/C19H19FN6/c1-13-8-16(20)9-17-18(13)22-11-15(10-21)19(17)25-5-2-14(3-6-25)12-26-7-4-23-24-26/h4,7-9,11,14H,2-3,5-6,12H2,1H3. The average molecular weight is 350 g/mol. The van der Waals surface area contributed by atoms with Crippen LogP contribution in [0.4, 0.5) is 10.1 Å². The molecule has 132 valence electrons. The molecule has 4 rings (SSSR count). The van der Waals surface area contributed by atoms with E-state index in [9.17, 15) is 9.65 Å². The Bertz CT molecular complexity index is 968. The van der Waals surface area contributed by atoms with Gasteiger partial charge in [0.05, 0.1) is 23.0 Å². The molecule has 26 heavy (non-hydrogen) atoms. The van der Waals surface area contributed by atoms with Crippen molar-refractivity contribution in [3.63, 3.8) is 0 Å². The number of nitriles is 1. The van der Waals surface area contributed by atoms with Crippen LogP contribution in [0.1, 0.15) is 24.0 Å². The lowest BCUT2D eigenvalue weighted by Gasteiger charge is -2.34. The van der Waals surface area contributed by atoms with Crippen molar-refractivity contribution in [1.82, 2.24) is 20.0 Å². The number of nitrogens with zero attached hydrogens (tertiary/aromatic N) is 6. The first kappa shape index (κ1) is 16.5. The van der Waals surface area contributed by atoms with Crippen molar-refractivity contribution in [1.29, 1.82) is 5.26 Å². The maximum atomic E-state index is 14.0. The van der Waals surface area contributed by atoms with E-state index in [1.54, 1.807) is 12.4 Å². The highest BCUT2D eigenvalue weighted by molar-refractivity contribution is 5.96. The third-order valence-electron chi connectivity index (χ3n) is 5.07. The summed E-state index contributed by atoms with van der Waals surface area (Å²) in [5.74, 6) is 0.222. The molecule has 3 aromatic rings. The maximum absolute atomic E-state index is 14.0. The van der Waals surface area contributed by atoms with Gasteiger partial charge in [-0.25, -0.2) is 4.39 Å². The number of anilines is 1. The number of aromatic nitrogens is 4. The number of pyridine rings is 1. The van der Waals surface area contributed by atoms with E-state index in [1.807, 2.05) is 17.8 Å². The summed E-state index contributed by atoms with van der Waals surface area (Å²) in [6.07, 6.45) is 7.14. The minimum absolute atomic E-state index is 0.297. The van der Waals surface area contributed by atoms with Crippen LogP contribution < -0.4 is 4.90 Å². The zero-order chi connectivity index (χ0) is 18.1. The van der Waals surface area contributed by atoms with Gasteiger partial charge in [-0.2, -0.15) is 5.26 Å². The van der Waals surface area contributed by atoms with Crippen LogP contribution in [0.15, 0.2) is 30.7 Å². The van der Waals surface area contributed by atoms with E-state index in [4.69, 9.17) is 0 Å². The van der Waals surface area contributed by atoms with Crippen molar-refractivity contribution in [2.24, 2.45) is 5.92 Å². The molecule has 1 aromatic carbocycles. The van der Waals surface area contributed by atoms with Crippen molar-refractivity contribution in [2.45, 2.75) is 26.3 Å². The summed E-state index contributed by atoms with van der Waals surface area (Å²) < 4.78 is 15.9. The maximum Gasteiger partial charge on any atom is 0.124 e. The van der Waals surface area contributed by atoms with Gasteiger partial charge in [0.15, 0.2) is 0 Å². The molecule has 0 saturated carbocycles. The SMILES string of the molecule is Cc1cc(F)cc2c(N3CCC(Cn4ccnn4)CC3)c(C#N)cnc12. The summed E-state index contributed by atoms with van der Waals surface area (Å²) in [6.45, 7) is 4.34. The second-order valence-corrected chi connectivity index (χ2v) is 6.81. The van der Waals surface area contributed by atoms with E-state index >= 15 is 0 Å². The lowest BCUT2D eigenvalue weighted by atomic mass is 9.95. The fourth-order valence-corrected chi connectivity index (χ4v) is 3.78. The van der Waals surface area contributed by atoms with Crippen LogP contribution in [0.3, 0.4) is 0 Å². The molecule has 7 heteroatoms. The highest BCUT2D eigenvalue weighted by Gasteiger charge is 2.24. The summed E-state index contributed by atoms with van der Waals surface area (Å²) in [6, 6.07) is 5.20. The molecule has 0 radical (unpaired) electrons. The summed E-state index contributed by atoms with van der Waals surface area (Å²) in [4.78, 5) is 6.57. The fourth-order valence-electron chi connectivity index (χ4n) is 3.78. The van der Waals surface area contributed by atoms with E-state index in [1.165, 1.54) is 12.1 Å². The average Bonchev–Trinajstić information content (AvgIpc) is 3.14. The predicted octanol–water partition coefficient (Wildman–Crippen LogP) is 3.06. The number of halogens is 1. The van der Waals surface area contributed by atoms with E-state index < -0.39 is 0 Å². The number of benzene rings is 1. The molecule has 2 aromatic heterocycles. The van der Waals surface area contributed by atoms with Crippen molar-refractivity contribution in [2.75, 3.05) is 18.0 Å². The molecule has 1 saturated heterocycles. The molecular formula is C19H19FN6. The molecule has 0 N–H and O–H groups in total. The van der Waals surface area contributed by atoms with Crippen LogP contribution in [0.2, 0.25) is 0 Å².